The molecule has 2 heterocycles. The highest BCUT2D eigenvalue weighted by Gasteiger charge is 2.14. The van der Waals surface area contributed by atoms with Crippen molar-refractivity contribution in [1.29, 1.82) is 0 Å². The quantitative estimate of drug-likeness (QED) is 0.593. The van der Waals surface area contributed by atoms with Crippen LogP contribution in [-0.4, -0.2) is 22.9 Å². The van der Waals surface area contributed by atoms with Gasteiger partial charge in [-0.25, -0.2) is 9.97 Å². The number of nitrogens with zero attached hydrogens (tertiary/aromatic N) is 2. The Labute approximate surface area is 149 Å². The van der Waals surface area contributed by atoms with Crippen molar-refractivity contribution >= 4 is 22.8 Å². The van der Waals surface area contributed by atoms with Gasteiger partial charge in [0.05, 0.1) is 5.56 Å². The van der Waals surface area contributed by atoms with Gasteiger partial charge in [0.15, 0.2) is 5.58 Å². The summed E-state index contributed by atoms with van der Waals surface area (Å²) in [6, 6.07) is 16.7. The van der Waals surface area contributed by atoms with Crippen LogP contribution in [0.3, 0.4) is 0 Å². The number of oxazole rings is 1. The third kappa shape index (κ3) is 2.77. The number of aromatic nitrogens is 2. The van der Waals surface area contributed by atoms with Gasteiger partial charge in [-0.3, -0.25) is 4.79 Å². The average molecular weight is 344 g/mol. The lowest BCUT2D eigenvalue weighted by atomic mass is 10.0. The number of carbonyl (C=O) groups excluding carboxylic acids is 1. The van der Waals surface area contributed by atoms with Crippen LogP contribution in [0.2, 0.25) is 0 Å². The molecule has 2 aromatic heterocycles. The first kappa shape index (κ1) is 15.8. The van der Waals surface area contributed by atoms with Gasteiger partial charge in [0.1, 0.15) is 11.3 Å². The van der Waals surface area contributed by atoms with Gasteiger partial charge in [0.25, 0.3) is 5.91 Å². The van der Waals surface area contributed by atoms with E-state index in [1.807, 2.05) is 48.5 Å². The van der Waals surface area contributed by atoms with Crippen LogP contribution in [0.25, 0.3) is 33.7 Å². The minimum atomic E-state index is -0.144. The SMILES string of the molecule is CNC(=O)c1cccc(-c2cnc(N)c(-c3nc4ccccc4o3)c2)c1. The number of hydrogen-bond acceptors (Lipinski definition) is 5. The highest BCUT2D eigenvalue weighted by molar-refractivity contribution is 5.95. The van der Waals surface area contributed by atoms with E-state index in [-0.39, 0.29) is 5.91 Å². The summed E-state index contributed by atoms with van der Waals surface area (Å²) < 4.78 is 5.81. The van der Waals surface area contributed by atoms with Crippen molar-refractivity contribution in [2.45, 2.75) is 0 Å². The Bertz CT molecular complexity index is 1080. The summed E-state index contributed by atoms with van der Waals surface area (Å²) in [6.45, 7) is 0. The van der Waals surface area contributed by atoms with E-state index in [1.165, 1.54) is 0 Å². The molecule has 1 amide bonds. The lowest BCUT2D eigenvalue weighted by molar-refractivity contribution is 0.0963. The summed E-state index contributed by atoms with van der Waals surface area (Å²) in [6.07, 6.45) is 1.67. The van der Waals surface area contributed by atoms with Crippen molar-refractivity contribution in [3.8, 4) is 22.6 Å². The van der Waals surface area contributed by atoms with Crippen LogP contribution in [0.1, 0.15) is 10.4 Å². The Kier molecular flexibility index (Phi) is 3.85. The fourth-order valence-electron chi connectivity index (χ4n) is 2.78. The molecule has 0 fully saturated rings. The third-order valence-electron chi connectivity index (χ3n) is 4.13. The molecular weight excluding hydrogens is 328 g/mol. The van der Waals surface area contributed by atoms with E-state index in [2.05, 4.69) is 15.3 Å². The number of nitrogens with one attached hydrogen (secondary N) is 1. The van der Waals surface area contributed by atoms with Gasteiger partial charge in [-0.05, 0) is 35.9 Å². The molecule has 0 saturated heterocycles. The molecule has 2 aromatic carbocycles. The average Bonchev–Trinajstić information content (AvgIpc) is 3.11. The lowest BCUT2D eigenvalue weighted by Gasteiger charge is -2.07. The zero-order chi connectivity index (χ0) is 18.1. The van der Waals surface area contributed by atoms with E-state index in [1.54, 1.807) is 19.3 Å². The molecule has 26 heavy (non-hydrogen) atoms. The number of hydrogen-bond donors (Lipinski definition) is 2. The van der Waals surface area contributed by atoms with Crippen LogP contribution in [0.5, 0.6) is 0 Å². The second-order valence-electron chi connectivity index (χ2n) is 5.80. The van der Waals surface area contributed by atoms with Crippen molar-refractivity contribution < 1.29 is 9.21 Å². The van der Waals surface area contributed by atoms with Gasteiger partial charge in [-0.15, -0.1) is 0 Å². The Morgan fingerprint density at radius 3 is 2.73 bits per heavy atom. The number of fused-ring (bicyclic) bond motifs is 1. The predicted octanol–water partition coefficient (Wildman–Crippen LogP) is 3.50. The molecule has 0 aliphatic rings. The van der Waals surface area contributed by atoms with Crippen LogP contribution in [-0.2, 0) is 0 Å². The van der Waals surface area contributed by atoms with Crippen LogP contribution in [0.15, 0.2) is 65.2 Å². The maximum atomic E-state index is 11.9. The summed E-state index contributed by atoms with van der Waals surface area (Å²) in [5.41, 5.74) is 10.4. The van der Waals surface area contributed by atoms with Crippen LogP contribution >= 0.6 is 0 Å². The number of nitrogen functional groups attached to an aromatic ring is 1. The van der Waals surface area contributed by atoms with E-state index in [9.17, 15) is 4.79 Å². The van der Waals surface area contributed by atoms with Crippen molar-refractivity contribution in [3.63, 3.8) is 0 Å². The van der Waals surface area contributed by atoms with Crippen LogP contribution < -0.4 is 11.1 Å². The third-order valence-corrected chi connectivity index (χ3v) is 4.13. The molecule has 0 atom stereocenters. The Morgan fingerprint density at radius 1 is 1.08 bits per heavy atom. The normalized spacial score (nSPS) is 10.8. The number of para-hydroxylation sites is 2. The van der Waals surface area contributed by atoms with Gasteiger partial charge in [-0.1, -0.05) is 24.3 Å². The number of rotatable bonds is 3. The van der Waals surface area contributed by atoms with Crippen LogP contribution in [0, 0.1) is 0 Å². The first-order valence-corrected chi connectivity index (χ1v) is 8.09. The van der Waals surface area contributed by atoms with Gasteiger partial charge in [0.2, 0.25) is 5.89 Å². The van der Waals surface area contributed by atoms with Gasteiger partial charge >= 0.3 is 0 Å². The number of anilines is 1. The standard InChI is InChI=1S/C20H16N4O2/c1-22-19(25)13-6-4-5-12(9-13)14-10-15(18(21)23-11-14)20-24-16-7-2-3-8-17(16)26-20/h2-11H,1H3,(H2,21,23)(H,22,25). The van der Waals surface area contributed by atoms with Gasteiger partial charge in [-0.2, -0.15) is 0 Å². The van der Waals surface area contributed by atoms with Crippen LogP contribution in [0.4, 0.5) is 5.82 Å². The predicted molar refractivity (Wildman–Crippen MR) is 100 cm³/mol. The highest BCUT2D eigenvalue weighted by Crippen LogP contribution is 2.31. The van der Waals surface area contributed by atoms with E-state index < -0.39 is 0 Å². The number of benzene rings is 2. The van der Waals surface area contributed by atoms with E-state index in [4.69, 9.17) is 10.2 Å². The molecule has 0 aliphatic heterocycles. The Hall–Kier alpha value is -3.67. The Balaban J connectivity index is 1.80. The van der Waals surface area contributed by atoms with Crippen molar-refractivity contribution in [3.05, 3.63) is 66.4 Å². The van der Waals surface area contributed by atoms with Crippen molar-refractivity contribution in [2.24, 2.45) is 0 Å². The number of carbonyl (C=O) groups is 1. The van der Waals surface area contributed by atoms with Gasteiger partial charge < -0.3 is 15.5 Å². The fraction of sp³-hybridized carbons (Fsp3) is 0.0500. The zero-order valence-corrected chi connectivity index (χ0v) is 14.1. The van der Waals surface area contributed by atoms with E-state index >= 15 is 0 Å². The second-order valence-corrected chi connectivity index (χ2v) is 5.80. The van der Waals surface area contributed by atoms with E-state index in [0.29, 0.717) is 28.4 Å². The molecule has 0 unspecified atom stereocenters. The molecule has 3 N–H and O–H groups in total. The number of nitrogens with two attached hydrogens (primary N) is 1. The summed E-state index contributed by atoms with van der Waals surface area (Å²) >= 11 is 0. The molecule has 6 nitrogen and oxygen atoms in total. The summed E-state index contributed by atoms with van der Waals surface area (Å²) in [4.78, 5) is 20.6. The molecule has 0 bridgehead atoms. The van der Waals surface area contributed by atoms with Crippen molar-refractivity contribution in [2.75, 3.05) is 12.8 Å². The fourth-order valence-corrected chi connectivity index (χ4v) is 2.78. The minimum absolute atomic E-state index is 0.144. The molecule has 4 aromatic rings. The molecule has 128 valence electrons. The monoisotopic (exact) mass is 344 g/mol. The molecule has 4 rings (SSSR count). The molecule has 0 spiro atoms. The number of pyridine rings is 1. The molecule has 0 radical (unpaired) electrons. The smallest absolute Gasteiger partial charge is 0.251 e. The largest absolute Gasteiger partial charge is 0.436 e. The molecule has 0 saturated carbocycles. The summed E-state index contributed by atoms with van der Waals surface area (Å²) in [5, 5.41) is 2.62. The first-order valence-electron chi connectivity index (χ1n) is 8.09. The second kappa shape index (κ2) is 6.33. The number of amides is 1. The van der Waals surface area contributed by atoms with Gasteiger partial charge in [0, 0.05) is 24.4 Å². The van der Waals surface area contributed by atoms with Crippen molar-refractivity contribution in [1.82, 2.24) is 15.3 Å². The minimum Gasteiger partial charge on any atom is -0.436 e. The molecule has 0 aliphatic carbocycles. The highest BCUT2D eigenvalue weighted by atomic mass is 16.3. The summed E-state index contributed by atoms with van der Waals surface area (Å²) in [5.74, 6) is 0.609. The Morgan fingerprint density at radius 2 is 1.92 bits per heavy atom. The first-order chi connectivity index (χ1) is 12.7. The maximum Gasteiger partial charge on any atom is 0.251 e. The lowest BCUT2D eigenvalue weighted by Crippen LogP contribution is -2.17. The van der Waals surface area contributed by atoms with E-state index in [0.717, 1.165) is 16.6 Å². The molecular formula is C20H16N4O2. The molecule has 6 heteroatoms. The zero-order valence-electron chi connectivity index (χ0n) is 14.1. The maximum absolute atomic E-state index is 11.9. The topological polar surface area (TPSA) is 94.0 Å². The summed E-state index contributed by atoms with van der Waals surface area (Å²) in [7, 11) is 1.60.